The van der Waals surface area contributed by atoms with E-state index in [1.807, 2.05) is 6.07 Å². The van der Waals surface area contributed by atoms with Crippen LogP contribution in [0.3, 0.4) is 0 Å². The van der Waals surface area contributed by atoms with Crippen molar-refractivity contribution in [2.75, 3.05) is 29.5 Å². The predicted molar refractivity (Wildman–Crippen MR) is 60.3 cm³/mol. The molecule has 5 nitrogen and oxygen atoms in total. The van der Waals surface area contributed by atoms with E-state index in [1.54, 1.807) is 6.07 Å². The molecule has 5 heteroatoms. The van der Waals surface area contributed by atoms with Crippen LogP contribution in [0.1, 0.15) is 19.3 Å². The van der Waals surface area contributed by atoms with Gasteiger partial charge in [0.15, 0.2) is 0 Å². The average molecular weight is 208 g/mol. The zero-order chi connectivity index (χ0) is 10.8. The van der Waals surface area contributed by atoms with Crippen LogP contribution in [0, 0.1) is 5.21 Å². The lowest BCUT2D eigenvalue weighted by atomic mass is 10.1. The Kier molecular flexibility index (Phi) is 2.53. The number of pyridine rings is 1. The molecule has 0 bridgehead atoms. The van der Waals surface area contributed by atoms with E-state index < -0.39 is 0 Å². The van der Waals surface area contributed by atoms with Gasteiger partial charge in [0.25, 0.3) is 0 Å². The van der Waals surface area contributed by atoms with Crippen LogP contribution in [0.4, 0.5) is 17.3 Å². The summed E-state index contributed by atoms with van der Waals surface area (Å²) < 4.78 is 0.587. The highest BCUT2D eigenvalue weighted by molar-refractivity contribution is 5.62. The van der Waals surface area contributed by atoms with Gasteiger partial charge in [0, 0.05) is 19.2 Å². The standard InChI is InChI=1S/C10H16N4O/c11-9-5-4-8(10(12)14(9)15)13-6-2-1-3-7-13/h4-5H,1-3,6-7,11-12H2. The molecule has 0 atom stereocenters. The molecule has 2 rings (SSSR count). The van der Waals surface area contributed by atoms with E-state index in [1.165, 1.54) is 6.42 Å². The van der Waals surface area contributed by atoms with Crippen LogP contribution in [0.15, 0.2) is 12.1 Å². The topological polar surface area (TPSA) is 82.2 Å². The van der Waals surface area contributed by atoms with Crippen molar-refractivity contribution in [3.8, 4) is 0 Å². The summed E-state index contributed by atoms with van der Waals surface area (Å²) in [6.45, 7) is 1.93. The first-order chi connectivity index (χ1) is 7.20. The molecule has 1 aromatic heterocycles. The van der Waals surface area contributed by atoms with E-state index in [0.29, 0.717) is 4.73 Å². The minimum absolute atomic E-state index is 0.147. The fraction of sp³-hybridized carbons (Fsp3) is 0.500. The average Bonchev–Trinajstić information content (AvgIpc) is 2.27. The normalized spacial score (nSPS) is 16.7. The van der Waals surface area contributed by atoms with E-state index in [9.17, 15) is 5.21 Å². The molecule has 0 aliphatic carbocycles. The second-order valence-electron chi connectivity index (χ2n) is 3.87. The molecule has 0 spiro atoms. The van der Waals surface area contributed by atoms with E-state index in [2.05, 4.69) is 4.90 Å². The molecule has 1 aliphatic heterocycles. The van der Waals surface area contributed by atoms with Crippen molar-refractivity contribution < 1.29 is 4.73 Å². The maximum absolute atomic E-state index is 11.5. The Hall–Kier alpha value is -1.65. The summed E-state index contributed by atoms with van der Waals surface area (Å²) in [5, 5.41) is 11.5. The molecule has 1 fully saturated rings. The second kappa shape index (κ2) is 3.84. The Morgan fingerprint density at radius 3 is 2.47 bits per heavy atom. The molecule has 0 radical (unpaired) electrons. The number of nitrogen functional groups attached to an aromatic ring is 2. The Morgan fingerprint density at radius 2 is 1.80 bits per heavy atom. The van der Waals surface area contributed by atoms with Crippen LogP contribution in [0.25, 0.3) is 0 Å². The van der Waals surface area contributed by atoms with Crippen LogP contribution < -0.4 is 21.1 Å². The van der Waals surface area contributed by atoms with E-state index in [0.717, 1.165) is 31.6 Å². The summed E-state index contributed by atoms with van der Waals surface area (Å²) in [6, 6.07) is 3.43. The highest BCUT2D eigenvalue weighted by Crippen LogP contribution is 2.24. The van der Waals surface area contributed by atoms with Crippen LogP contribution in [-0.4, -0.2) is 13.1 Å². The third-order valence-corrected chi connectivity index (χ3v) is 2.82. The van der Waals surface area contributed by atoms with Crippen molar-refractivity contribution in [2.45, 2.75) is 19.3 Å². The molecule has 0 unspecified atom stereocenters. The summed E-state index contributed by atoms with van der Waals surface area (Å²) in [4.78, 5) is 2.15. The Balaban J connectivity index is 2.31. The highest BCUT2D eigenvalue weighted by atomic mass is 16.5. The summed E-state index contributed by atoms with van der Waals surface area (Å²) in [7, 11) is 0. The smallest absolute Gasteiger partial charge is 0.243 e. The number of hydrogen-bond donors (Lipinski definition) is 2. The lowest BCUT2D eigenvalue weighted by molar-refractivity contribution is -0.573. The van der Waals surface area contributed by atoms with E-state index in [-0.39, 0.29) is 11.6 Å². The maximum atomic E-state index is 11.5. The first-order valence-corrected chi connectivity index (χ1v) is 5.22. The van der Waals surface area contributed by atoms with Gasteiger partial charge < -0.3 is 21.6 Å². The monoisotopic (exact) mass is 208 g/mol. The number of aromatic nitrogens is 1. The van der Waals surface area contributed by atoms with Gasteiger partial charge in [-0.3, -0.25) is 0 Å². The summed E-state index contributed by atoms with van der Waals surface area (Å²) in [5.41, 5.74) is 12.0. The van der Waals surface area contributed by atoms with Crippen molar-refractivity contribution in [2.24, 2.45) is 0 Å². The highest BCUT2D eigenvalue weighted by Gasteiger charge is 2.16. The molecular weight excluding hydrogens is 192 g/mol. The first kappa shape index (κ1) is 9.89. The quantitative estimate of drug-likeness (QED) is 0.519. The minimum atomic E-state index is 0.147. The lowest BCUT2D eigenvalue weighted by Crippen LogP contribution is -2.38. The maximum Gasteiger partial charge on any atom is 0.243 e. The van der Waals surface area contributed by atoms with E-state index in [4.69, 9.17) is 11.5 Å². The molecule has 0 amide bonds. The van der Waals surface area contributed by atoms with E-state index >= 15 is 0 Å². The molecule has 1 aliphatic rings. The number of piperidine rings is 1. The number of nitrogens with zero attached hydrogens (tertiary/aromatic N) is 2. The molecule has 1 saturated heterocycles. The molecule has 82 valence electrons. The van der Waals surface area contributed by atoms with Gasteiger partial charge in [-0.05, 0) is 25.3 Å². The third kappa shape index (κ3) is 1.77. The Labute approximate surface area is 88.9 Å². The third-order valence-electron chi connectivity index (χ3n) is 2.82. The SMILES string of the molecule is Nc1ccc(N2CCCCC2)c(N)[n+]1[O-]. The van der Waals surface area contributed by atoms with Gasteiger partial charge in [-0.2, -0.15) is 0 Å². The first-order valence-electron chi connectivity index (χ1n) is 5.22. The van der Waals surface area contributed by atoms with Gasteiger partial charge in [0.1, 0.15) is 5.69 Å². The number of anilines is 3. The fourth-order valence-corrected chi connectivity index (χ4v) is 1.96. The van der Waals surface area contributed by atoms with Crippen LogP contribution >= 0.6 is 0 Å². The van der Waals surface area contributed by atoms with Crippen molar-refractivity contribution in [3.05, 3.63) is 17.3 Å². The van der Waals surface area contributed by atoms with Crippen LogP contribution in [-0.2, 0) is 0 Å². The van der Waals surface area contributed by atoms with Crippen molar-refractivity contribution >= 4 is 17.3 Å². The van der Waals surface area contributed by atoms with Gasteiger partial charge in [-0.1, -0.05) is 0 Å². The van der Waals surface area contributed by atoms with Crippen LogP contribution in [0.5, 0.6) is 0 Å². The van der Waals surface area contributed by atoms with Crippen molar-refractivity contribution in [1.82, 2.24) is 0 Å². The number of rotatable bonds is 1. The largest absolute Gasteiger partial charge is 0.740 e. The number of nitrogens with two attached hydrogens (primary N) is 2. The van der Waals surface area contributed by atoms with Gasteiger partial charge in [0.05, 0.1) is 0 Å². The van der Waals surface area contributed by atoms with Crippen molar-refractivity contribution in [3.63, 3.8) is 0 Å². The summed E-state index contributed by atoms with van der Waals surface area (Å²) >= 11 is 0. The zero-order valence-electron chi connectivity index (χ0n) is 8.65. The predicted octanol–water partition coefficient (Wildman–Crippen LogP) is 0.475. The summed E-state index contributed by atoms with van der Waals surface area (Å²) in [6.07, 6.45) is 3.56. The fourth-order valence-electron chi connectivity index (χ4n) is 1.96. The van der Waals surface area contributed by atoms with Gasteiger partial charge in [-0.25, -0.2) is 4.73 Å². The molecule has 2 heterocycles. The summed E-state index contributed by atoms with van der Waals surface area (Å²) in [5.74, 6) is 0.352. The number of hydrogen-bond acceptors (Lipinski definition) is 4. The Bertz CT molecular complexity index is 361. The van der Waals surface area contributed by atoms with Crippen molar-refractivity contribution in [1.29, 1.82) is 0 Å². The van der Waals surface area contributed by atoms with Crippen LogP contribution in [0.2, 0.25) is 0 Å². The van der Waals surface area contributed by atoms with Gasteiger partial charge in [0.2, 0.25) is 11.6 Å². The Morgan fingerprint density at radius 1 is 1.13 bits per heavy atom. The lowest BCUT2D eigenvalue weighted by Gasteiger charge is -2.29. The molecule has 0 saturated carbocycles. The molecule has 0 aromatic carbocycles. The zero-order valence-corrected chi connectivity index (χ0v) is 8.65. The minimum Gasteiger partial charge on any atom is -0.740 e. The van der Waals surface area contributed by atoms with Gasteiger partial charge >= 0.3 is 0 Å². The molecule has 1 aromatic rings. The molecule has 4 N–H and O–H groups in total. The molecule has 15 heavy (non-hydrogen) atoms. The van der Waals surface area contributed by atoms with Gasteiger partial charge in [-0.15, -0.1) is 0 Å². The molecular formula is C10H16N4O. The second-order valence-corrected chi connectivity index (χ2v) is 3.87.